The zero-order valence-corrected chi connectivity index (χ0v) is 13.2. The third-order valence-corrected chi connectivity index (χ3v) is 5.67. The summed E-state index contributed by atoms with van der Waals surface area (Å²) in [6.07, 6.45) is 3.10. The predicted molar refractivity (Wildman–Crippen MR) is 74.6 cm³/mol. The van der Waals surface area contributed by atoms with Gasteiger partial charge in [0.05, 0.1) is 6.61 Å². The summed E-state index contributed by atoms with van der Waals surface area (Å²) in [7, 11) is -2.11. The summed E-state index contributed by atoms with van der Waals surface area (Å²) in [6, 6.07) is 0.831. The molecule has 0 spiro atoms. The van der Waals surface area contributed by atoms with Crippen molar-refractivity contribution in [1.82, 2.24) is 0 Å². The predicted octanol–water partition coefficient (Wildman–Crippen LogP) is 2.89. The molecule has 1 unspecified atom stereocenters. The first-order chi connectivity index (χ1) is 8.47. The lowest BCUT2D eigenvalue weighted by atomic mass is 10.2. The maximum atomic E-state index is 11.2. The topological polar surface area (TPSA) is 44.8 Å². The molecule has 0 aliphatic rings. The minimum absolute atomic E-state index is 0.244. The number of rotatable bonds is 9. The molecule has 0 aromatic heterocycles. The van der Waals surface area contributed by atoms with E-state index in [1.165, 1.54) is 6.08 Å². The van der Waals surface area contributed by atoms with Crippen molar-refractivity contribution in [3.05, 3.63) is 12.2 Å². The van der Waals surface area contributed by atoms with Crippen LogP contribution in [0.5, 0.6) is 0 Å². The Labute approximate surface area is 112 Å². The molecule has 106 valence electrons. The van der Waals surface area contributed by atoms with E-state index in [1.807, 2.05) is 20.8 Å². The highest BCUT2D eigenvalue weighted by Gasteiger charge is 2.33. The molecule has 0 heterocycles. The van der Waals surface area contributed by atoms with Crippen LogP contribution >= 0.6 is 0 Å². The lowest BCUT2D eigenvalue weighted by Crippen LogP contribution is -2.41. The van der Waals surface area contributed by atoms with Crippen molar-refractivity contribution < 1.29 is 18.4 Å². The average molecular weight is 274 g/mol. The molecular weight excluding hydrogens is 248 g/mol. The van der Waals surface area contributed by atoms with Gasteiger partial charge in [-0.15, -0.1) is 0 Å². The van der Waals surface area contributed by atoms with Gasteiger partial charge in [0, 0.05) is 19.3 Å². The second kappa shape index (κ2) is 9.30. The molecule has 5 heteroatoms. The van der Waals surface area contributed by atoms with Gasteiger partial charge in [0.15, 0.2) is 0 Å². The number of ether oxygens (including phenoxy) is 1. The van der Waals surface area contributed by atoms with Gasteiger partial charge in [-0.05, 0) is 39.3 Å². The van der Waals surface area contributed by atoms with Crippen LogP contribution < -0.4 is 0 Å². The zero-order valence-electron chi connectivity index (χ0n) is 12.2. The van der Waals surface area contributed by atoms with Crippen molar-refractivity contribution in [3.8, 4) is 0 Å². The number of allylic oxidation sites excluding steroid dienone is 1. The molecular formula is C13H26O4Si. The van der Waals surface area contributed by atoms with Crippen LogP contribution in [-0.2, 0) is 18.4 Å². The normalized spacial score (nSPS) is 13.8. The monoisotopic (exact) mass is 274 g/mol. The van der Waals surface area contributed by atoms with Gasteiger partial charge >= 0.3 is 14.5 Å². The molecule has 0 radical (unpaired) electrons. The molecule has 4 nitrogen and oxygen atoms in total. The summed E-state index contributed by atoms with van der Waals surface area (Å²) in [4.78, 5) is 11.2. The summed E-state index contributed by atoms with van der Waals surface area (Å²) in [5.41, 5.74) is 0. The van der Waals surface area contributed by atoms with Gasteiger partial charge in [0.2, 0.25) is 0 Å². The van der Waals surface area contributed by atoms with E-state index in [-0.39, 0.29) is 11.9 Å². The highest BCUT2D eigenvalue weighted by Crippen LogP contribution is 2.20. The van der Waals surface area contributed by atoms with Gasteiger partial charge in [0.1, 0.15) is 0 Å². The first-order valence-electron chi connectivity index (χ1n) is 6.54. The van der Waals surface area contributed by atoms with E-state index in [0.717, 1.165) is 6.04 Å². The summed E-state index contributed by atoms with van der Waals surface area (Å²) in [6.45, 7) is 11.6. The Kier molecular flexibility index (Phi) is 8.96. The average Bonchev–Trinajstić information content (AvgIpc) is 2.27. The Bertz CT molecular complexity index is 260. The van der Waals surface area contributed by atoms with Crippen LogP contribution in [0.1, 0.15) is 27.7 Å². The molecule has 0 fully saturated rings. The number of esters is 1. The molecule has 0 aliphatic heterocycles. The van der Waals surface area contributed by atoms with E-state index in [2.05, 4.69) is 6.55 Å². The Morgan fingerprint density at radius 2 is 1.83 bits per heavy atom. The zero-order chi connectivity index (χ0) is 14.0. The van der Waals surface area contributed by atoms with Crippen LogP contribution in [0.25, 0.3) is 0 Å². The highest BCUT2D eigenvalue weighted by atomic mass is 28.4. The quantitative estimate of drug-likeness (QED) is 0.368. The molecule has 0 aromatic carbocycles. The molecule has 0 aliphatic carbocycles. The number of hydrogen-bond donors (Lipinski definition) is 0. The molecule has 0 saturated carbocycles. The largest absolute Gasteiger partial charge is 0.462 e. The standard InChI is InChI=1S/C13H26O4Si/c1-6-9-13(14)15-10-12(4)11-18(5,16-7-2)17-8-3/h6,9,12H,7-8,10-11H2,1-5H3. The Morgan fingerprint density at radius 1 is 1.28 bits per heavy atom. The van der Waals surface area contributed by atoms with Crippen LogP contribution in [0.4, 0.5) is 0 Å². The Balaban J connectivity index is 4.17. The summed E-state index contributed by atoms with van der Waals surface area (Å²) >= 11 is 0. The van der Waals surface area contributed by atoms with E-state index < -0.39 is 8.56 Å². The van der Waals surface area contributed by atoms with Crippen molar-refractivity contribution in [3.63, 3.8) is 0 Å². The van der Waals surface area contributed by atoms with E-state index in [4.69, 9.17) is 13.6 Å². The molecule has 0 amide bonds. The molecule has 0 rings (SSSR count). The van der Waals surface area contributed by atoms with E-state index >= 15 is 0 Å². The fourth-order valence-electron chi connectivity index (χ4n) is 1.87. The number of carbonyl (C=O) groups is 1. The maximum absolute atomic E-state index is 11.2. The third-order valence-electron chi connectivity index (χ3n) is 2.43. The summed E-state index contributed by atoms with van der Waals surface area (Å²) < 4.78 is 16.6. The van der Waals surface area contributed by atoms with Gasteiger partial charge in [0.25, 0.3) is 0 Å². The Morgan fingerprint density at radius 3 is 2.28 bits per heavy atom. The summed E-state index contributed by atoms with van der Waals surface area (Å²) in [5, 5.41) is 0. The first-order valence-corrected chi connectivity index (χ1v) is 9.07. The van der Waals surface area contributed by atoms with Gasteiger partial charge in [-0.1, -0.05) is 13.0 Å². The Hall–Kier alpha value is -0.653. The van der Waals surface area contributed by atoms with Crippen LogP contribution in [0.2, 0.25) is 12.6 Å². The van der Waals surface area contributed by atoms with Crippen molar-refractivity contribution in [2.24, 2.45) is 5.92 Å². The van der Waals surface area contributed by atoms with Crippen LogP contribution in [0.3, 0.4) is 0 Å². The lowest BCUT2D eigenvalue weighted by molar-refractivity contribution is -0.138. The lowest BCUT2D eigenvalue weighted by Gasteiger charge is -2.28. The minimum atomic E-state index is -2.11. The van der Waals surface area contributed by atoms with E-state index in [9.17, 15) is 4.79 Å². The first kappa shape index (κ1) is 17.3. The van der Waals surface area contributed by atoms with Crippen LogP contribution in [0.15, 0.2) is 12.2 Å². The molecule has 0 saturated heterocycles. The van der Waals surface area contributed by atoms with Gasteiger partial charge in [-0.3, -0.25) is 0 Å². The van der Waals surface area contributed by atoms with Gasteiger partial charge < -0.3 is 13.6 Å². The third kappa shape index (κ3) is 7.63. The molecule has 0 bridgehead atoms. The summed E-state index contributed by atoms with van der Waals surface area (Å²) in [5.74, 6) is -0.0467. The number of hydrogen-bond acceptors (Lipinski definition) is 4. The fraction of sp³-hybridized carbons (Fsp3) is 0.769. The van der Waals surface area contributed by atoms with Crippen molar-refractivity contribution >= 4 is 14.5 Å². The fourth-order valence-corrected chi connectivity index (χ4v) is 4.79. The SMILES string of the molecule is CC=CC(=O)OCC(C)C[Si](C)(OCC)OCC. The smallest absolute Gasteiger partial charge is 0.335 e. The van der Waals surface area contributed by atoms with Crippen molar-refractivity contribution in [2.75, 3.05) is 19.8 Å². The maximum Gasteiger partial charge on any atom is 0.335 e. The van der Waals surface area contributed by atoms with Gasteiger partial charge in [-0.2, -0.15) is 0 Å². The van der Waals surface area contributed by atoms with Crippen LogP contribution in [0, 0.1) is 5.92 Å². The van der Waals surface area contributed by atoms with Gasteiger partial charge in [-0.25, -0.2) is 4.79 Å². The second-order valence-corrected chi connectivity index (χ2v) is 7.69. The molecule has 18 heavy (non-hydrogen) atoms. The molecule has 0 aromatic rings. The molecule has 0 N–H and O–H groups in total. The van der Waals surface area contributed by atoms with E-state index in [0.29, 0.717) is 19.8 Å². The van der Waals surface area contributed by atoms with E-state index in [1.54, 1.807) is 13.0 Å². The number of carbonyl (C=O) groups excluding carboxylic acids is 1. The van der Waals surface area contributed by atoms with Crippen LogP contribution in [-0.4, -0.2) is 34.4 Å². The highest BCUT2D eigenvalue weighted by molar-refractivity contribution is 6.66. The molecule has 1 atom stereocenters. The van der Waals surface area contributed by atoms with Crippen molar-refractivity contribution in [1.29, 1.82) is 0 Å². The van der Waals surface area contributed by atoms with Crippen molar-refractivity contribution in [2.45, 2.75) is 40.3 Å². The minimum Gasteiger partial charge on any atom is -0.462 e. The second-order valence-electron chi connectivity index (χ2n) is 4.44.